The van der Waals surface area contributed by atoms with Crippen molar-refractivity contribution in [3.8, 4) is 11.3 Å². The number of carbonyl (C=O) groups is 1. The number of thiazole rings is 1. The quantitative estimate of drug-likeness (QED) is 0.327. The normalized spacial score (nSPS) is 10.9. The Morgan fingerprint density at radius 2 is 1.81 bits per heavy atom. The summed E-state index contributed by atoms with van der Waals surface area (Å²) in [6.45, 7) is 0. The van der Waals surface area contributed by atoms with E-state index in [1.807, 2.05) is 0 Å². The summed E-state index contributed by atoms with van der Waals surface area (Å²) < 4.78 is 0. The molecule has 0 fully saturated rings. The highest BCUT2D eigenvalue weighted by Gasteiger charge is 2.09. The molecule has 9 heteroatoms. The van der Waals surface area contributed by atoms with Gasteiger partial charge in [0.25, 0.3) is 5.69 Å². The summed E-state index contributed by atoms with van der Waals surface area (Å²) in [6.07, 6.45) is 2.85. The van der Waals surface area contributed by atoms with E-state index in [1.165, 1.54) is 35.6 Å². The smallest absolute Gasteiger partial charge is 0.269 e. The zero-order chi connectivity index (χ0) is 19.4. The maximum atomic E-state index is 12.1. The number of amides is 1. The van der Waals surface area contributed by atoms with Crippen LogP contribution in [0.3, 0.4) is 0 Å². The first-order valence-electron chi connectivity index (χ1n) is 7.57. The molecular formula is C18H11Cl2N3O3S. The lowest BCUT2D eigenvalue weighted by Gasteiger charge is -2.01. The number of non-ortho nitro benzene ring substituents is 1. The molecule has 1 aromatic heterocycles. The average Bonchev–Trinajstić information content (AvgIpc) is 3.09. The second-order valence-corrected chi connectivity index (χ2v) is 6.97. The molecule has 2 aromatic carbocycles. The lowest BCUT2D eigenvalue weighted by molar-refractivity contribution is -0.384. The third-order valence-electron chi connectivity index (χ3n) is 3.51. The van der Waals surface area contributed by atoms with Crippen LogP contribution >= 0.6 is 34.5 Å². The molecular weight excluding hydrogens is 409 g/mol. The molecule has 0 saturated carbocycles. The largest absolute Gasteiger partial charge is 0.298 e. The highest BCUT2D eigenvalue weighted by Crippen LogP contribution is 2.27. The first-order chi connectivity index (χ1) is 12.9. The van der Waals surface area contributed by atoms with Crippen LogP contribution in [0.15, 0.2) is 53.9 Å². The fourth-order valence-corrected chi connectivity index (χ4v) is 3.44. The first-order valence-corrected chi connectivity index (χ1v) is 9.21. The molecule has 136 valence electrons. The molecule has 0 unspecified atom stereocenters. The molecule has 0 atom stereocenters. The van der Waals surface area contributed by atoms with Crippen molar-refractivity contribution in [2.75, 3.05) is 5.32 Å². The van der Waals surface area contributed by atoms with Gasteiger partial charge in [-0.15, -0.1) is 11.3 Å². The molecule has 0 radical (unpaired) electrons. The van der Waals surface area contributed by atoms with Crippen molar-refractivity contribution >= 4 is 57.3 Å². The van der Waals surface area contributed by atoms with E-state index in [0.717, 1.165) is 5.56 Å². The fourth-order valence-electron chi connectivity index (χ4n) is 2.19. The predicted molar refractivity (Wildman–Crippen MR) is 108 cm³/mol. The first kappa shape index (κ1) is 19.0. The number of benzene rings is 2. The minimum absolute atomic E-state index is 0.00544. The molecule has 0 spiro atoms. The van der Waals surface area contributed by atoms with Crippen molar-refractivity contribution in [3.63, 3.8) is 0 Å². The summed E-state index contributed by atoms with van der Waals surface area (Å²) in [4.78, 5) is 26.6. The lowest BCUT2D eigenvalue weighted by atomic mass is 10.1. The van der Waals surface area contributed by atoms with Crippen molar-refractivity contribution < 1.29 is 9.72 Å². The lowest BCUT2D eigenvalue weighted by Crippen LogP contribution is -2.07. The zero-order valence-corrected chi connectivity index (χ0v) is 15.9. The summed E-state index contributed by atoms with van der Waals surface area (Å²) in [5, 5.41) is 16.4. The van der Waals surface area contributed by atoms with E-state index in [9.17, 15) is 14.9 Å². The Morgan fingerprint density at radius 1 is 1.15 bits per heavy atom. The highest BCUT2D eigenvalue weighted by molar-refractivity contribution is 7.14. The van der Waals surface area contributed by atoms with Crippen molar-refractivity contribution in [2.45, 2.75) is 0 Å². The van der Waals surface area contributed by atoms with Gasteiger partial charge in [0.15, 0.2) is 5.13 Å². The van der Waals surface area contributed by atoms with Crippen molar-refractivity contribution in [3.05, 3.63) is 79.6 Å². The predicted octanol–water partition coefficient (Wildman–Crippen LogP) is 5.68. The van der Waals surface area contributed by atoms with Crippen LogP contribution in [-0.2, 0) is 4.79 Å². The van der Waals surface area contributed by atoms with Crippen LogP contribution in [-0.4, -0.2) is 15.8 Å². The van der Waals surface area contributed by atoms with Crippen molar-refractivity contribution in [1.29, 1.82) is 0 Å². The number of halogens is 2. The van der Waals surface area contributed by atoms with Crippen LogP contribution in [0.1, 0.15) is 5.56 Å². The van der Waals surface area contributed by atoms with Gasteiger partial charge in [0.1, 0.15) is 0 Å². The van der Waals surface area contributed by atoms with E-state index >= 15 is 0 Å². The van der Waals surface area contributed by atoms with Crippen LogP contribution in [0.5, 0.6) is 0 Å². The molecule has 0 aliphatic carbocycles. The number of nitrogens with zero attached hydrogens (tertiary/aromatic N) is 2. The molecule has 3 rings (SSSR count). The standard InChI is InChI=1S/C18H11Cl2N3O3S/c19-14-2-1-3-15(20)13(14)8-9-17(24)22-18-21-16(10-27-18)11-4-6-12(7-5-11)23(25)26/h1-10H,(H,21,22,24)/b9-8+. The Labute approximate surface area is 168 Å². The molecule has 1 N–H and O–H groups in total. The van der Waals surface area contributed by atoms with Gasteiger partial charge in [0.2, 0.25) is 5.91 Å². The number of nitro benzene ring substituents is 1. The van der Waals surface area contributed by atoms with Crippen LogP contribution in [0, 0.1) is 10.1 Å². The summed E-state index contributed by atoms with van der Waals surface area (Å²) in [5.74, 6) is -0.379. The Kier molecular flexibility index (Phi) is 5.85. The van der Waals surface area contributed by atoms with Crippen molar-refractivity contribution in [1.82, 2.24) is 4.98 Å². The number of anilines is 1. The third-order valence-corrected chi connectivity index (χ3v) is 4.93. The van der Waals surface area contributed by atoms with E-state index in [4.69, 9.17) is 23.2 Å². The topological polar surface area (TPSA) is 85.1 Å². The van der Waals surface area contributed by atoms with Crippen molar-refractivity contribution in [2.24, 2.45) is 0 Å². The maximum absolute atomic E-state index is 12.1. The molecule has 6 nitrogen and oxygen atoms in total. The van der Waals surface area contributed by atoms with Gasteiger partial charge >= 0.3 is 0 Å². The molecule has 1 amide bonds. The Hall–Kier alpha value is -2.74. The SMILES string of the molecule is O=C(/C=C/c1c(Cl)cccc1Cl)Nc1nc(-c2ccc([N+](=O)[O-])cc2)cs1. The molecule has 0 aliphatic rings. The molecule has 0 bridgehead atoms. The van der Waals surface area contributed by atoms with Gasteiger partial charge in [-0.3, -0.25) is 20.2 Å². The van der Waals surface area contributed by atoms with Gasteiger partial charge in [-0.25, -0.2) is 4.98 Å². The number of aromatic nitrogens is 1. The van der Waals surface area contributed by atoms with Gasteiger partial charge < -0.3 is 0 Å². The van der Waals surface area contributed by atoms with E-state index in [-0.39, 0.29) is 11.6 Å². The monoisotopic (exact) mass is 419 g/mol. The number of nitro groups is 1. The molecule has 3 aromatic rings. The summed E-state index contributed by atoms with van der Waals surface area (Å²) >= 11 is 13.4. The minimum Gasteiger partial charge on any atom is -0.298 e. The molecule has 0 saturated heterocycles. The fraction of sp³-hybridized carbons (Fsp3) is 0. The Morgan fingerprint density at radius 3 is 2.44 bits per heavy atom. The Balaban J connectivity index is 1.69. The molecule has 27 heavy (non-hydrogen) atoms. The Bertz CT molecular complexity index is 1010. The van der Waals surface area contributed by atoms with Gasteiger partial charge in [-0.1, -0.05) is 29.3 Å². The van der Waals surface area contributed by atoms with E-state index in [0.29, 0.717) is 26.4 Å². The number of hydrogen-bond donors (Lipinski definition) is 1. The van der Waals surface area contributed by atoms with E-state index in [2.05, 4.69) is 10.3 Å². The van der Waals surface area contributed by atoms with Gasteiger partial charge in [-0.2, -0.15) is 0 Å². The van der Waals surface area contributed by atoms with Crippen LogP contribution in [0.4, 0.5) is 10.8 Å². The number of nitrogens with one attached hydrogen (secondary N) is 1. The molecule has 0 aliphatic heterocycles. The van der Waals surface area contributed by atoms with E-state index in [1.54, 1.807) is 35.7 Å². The maximum Gasteiger partial charge on any atom is 0.269 e. The number of rotatable bonds is 5. The number of hydrogen-bond acceptors (Lipinski definition) is 5. The van der Waals surface area contributed by atoms with Crippen LogP contribution in [0.25, 0.3) is 17.3 Å². The number of carbonyl (C=O) groups excluding carboxylic acids is 1. The third kappa shape index (κ3) is 4.71. The van der Waals surface area contributed by atoms with Gasteiger partial charge in [-0.05, 0) is 30.3 Å². The summed E-state index contributed by atoms with van der Waals surface area (Å²) in [5.41, 5.74) is 1.90. The van der Waals surface area contributed by atoms with Crippen LogP contribution < -0.4 is 5.32 Å². The second kappa shape index (κ2) is 8.30. The minimum atomic E-state index is -0.464. The van der Waals surface area contributed by atoms with Gasteiger partial charge in [0, 0.05) is 44.8 Å². The highest BCUT2D eigenvalue weighted by atomic mass is 35.5. The van der Waals surface area contributed by atoms with Gasteiger partial charge in [0.05, 0.1) is 10.6 Å². The van der Waals surface area contributed by atoms with Crippen LogP contribution in [0.2, 0.25) is 10.0 Å². The summed E-state index contributed by atoms with van der Waals surface area (Å²) in [7, 11) is 0. The van der Waals surface area contributed by atoms with E-state index < -0.39 is 4.92 Å². The zero-order valence-electron chi connectivity index (χ0n) is 13.6. The average molecular weight is 420 g/mol. The second-order valence-electron chi connectivity index (χ2n) is 5.30. The molecule has 1 heterocycles. The summed E-state index contributed by atoms with van der Waals surface area (Å²) in [6, 6.07) is 11.1.